The predicted octanol–water partition coefficient (Wildman–Crippen LogP) is 3.64. The first kappa shape index (κ1) is 17.1. The van der Waals surface area contributed by atoms with E-state index in [2.05, 4.69) is 34.4 Å². The summed E-state index contributed by atoms with van der Waals surface area (Å²) in [4.78, 5) is 0. The second-order valence-electron chi connectivity index (χ2n) is 7.98. The molecule has 1 aromatic carbocycles. The van der Waals surface area contributed by atoms with Gasteiger partial charge < -0.3 is 10.4 Å². The van der Waals surface area contributed by atoms with Gasteiger partial charge in [0.1, 0.15) is 0 Å². The summed E-state index contributed by atoms with van der Waals surface area (Å²) in [6.45, 7) is 3.97. The highest BCUT2D eigenvalue weighted by Gasteiger charge is 2.39. The maximum atomic E-state index is 9.98. The van der Waals surface area contributed by atoms with Gasteiger partial charge in [0.05, 0.1) is 11.3 Å². The fourth-order valence-electron chi connectivity index (χ4n) is 4.30. The lowest BCUT2D eigenvalue weighted by Crippen LogP contribution is -2.48. The Bertz CT molecular complexity index is 887. The molecule has 4 nitrogen and oxygen atoms in total. The Labute approximate surface area is 155 Å². The Balaban J connectivity index is 1.70. The van der Waals surface area contributed by atoms with Crippen molar-refractivity contribution in [1.29, 1.82) is 0 Å². The van der Waals surface area contributed by atoms with Crippen molar-refractivity contribution in [3.8, 4) is 23.6 Å². The molecule has 2 N–H and O–H groups in total. The Morgan fingerprint density at radius 1 is 1.19 bits per heavy atom. The summed E-state index contributed by atoms with van der Waals surface area (Å²) in [7, 11) is 0. The van der Waals surface area contributed by atoms with Gasteiger partial charge in [-0.25, -0.2) is 0 Å². The van der Waals surface area contributed by atoms with E-state index in [9.17, 15) is 5.11 Å². The van der Waals surface area contributed by atoms with Crippen molar-refractivity contribution in [2.45, 2.75) is 64.0 Å². The van der Waals surface area contributed by atoms with E-state index >= 15 is 0 Å². The van der Waals surface area contributed by atoms with E-state index in [0.29, 0.717) is 0 Å². The molecule has 0 spiro atoms. The lowest BCUT2D eigenvalue weighted by Gasteiger charge is -2.41. The van der Waals surface area contributed by atoms with Crippen molar-refractivity contribution in [2.75, 3.05) is 5.32 Å². The summed E-state index contributed by atoms with van der Waals surface area (Å²) >= 11 is 0. The van der Waals surface area contributed by atoms with Crippen LogP contribution in [0.3, 0.4) is 0 Å². The van der Waals surface area contributed by atoms with Crippen LogP contribution < -0.4 is 5.32 Å². The molecular weight excluding hydrogens is 322 g/mol. The Hall–Kier alpha value is -2.38. The lowest BCUT2D eigenvalue weighted by atomic mass is 9.77. The first-order valence-electron chi connectivity index (χ1n) is 9.42. The van der Waals surface area contributed by atoms with Crippen molar-refractivity contribution >= 4 is 5.82 Å². The van der Waals surface area contributed by atoms with Gasteiger partial charge in [-0.3, -0.25) is 0 Å². The van der Waals surface area contributed by atoms with E-state index in [-0.39, 0.29) is 6.04 Å². The van der Waals surface area contributed by atoms with Crippen molar-refractivity contribution in [2.24, 2.45) is 0 Å². The zero-order chi connectivity index (χ0) is 18.3. The SMILES string of the molecule is C#Cc1ccc(-c2nnc(NC3CC(C)(O)C3)c3c2CCCC3)c(C)c1. The van der Waals surface area contributed by atoms with Crippen LogP contribution in [0.4, 0.5) is 5.82 Å². The third kappa shape index (κ3) is 3.08. The van der Waals surface area contributed by atoms with E-state index in [1.807, 2.05) is 19.1 Å². The molecule has 2 aliphatic rings. The second-order valence-corrected chi connectivity index (χ2v) is 7.98. The molecule has 0 unspecified atom stereocenters. The maximum absolute atomic E-state index is 9.98. The fourth-order valence-corrected chi connectivity index (χ4v) is 4.30. The molecule has 2 aromatic rings. The minimum Gasteiger partial charge on any atom is -0.390 e. The predicted molar refractivity (Wildman–Crippen MR) is 104 cm³/mol. The van der Waals surface area contributed by atoms with Gasteiger partial charge >= 0.3 is 0 Å². The first-order chi connectivity index (χ1) is 12.5. The van der Waals surface area contributed by atoms with Crippen LogP contribution in [0.2, 0.25) is 0 Å². The second kappa shape index (κ2) is 6.41. The molecule has 2 aliphatic carbocycles. The number of fused-ring (bicyclic) bond motifs is 1. The van der Waals surface area contributed by atoms with Crippen LogP contribution in [-0.2, 0) is 12.8 Å². The van der Waals surface area contributed by atoms with Crippen molar-refractivity contribution < 1.29 is 5.11 Å². The van der Waals surface area contributed by atoms with Gasteiger partial charge in [-0.15, -0.1) is 16.6 Å². The Morgan fingerprint density at radius 3 is 2.58 bits per heavy atom. The molecule has 4 heteroatoms. The standard InChI is InChI=1S/C22H25N3O/c1-4-15-9-10-17(14(2)11-15)20-18-7-5-6-8-19(18)21(25-24-20)23-16-12-22(3,26)13-16/h1,9-11,16,26H,5-8,12-13H2,2-3H3,(H,23,25). The molecule has 0 saturated heterocycles. The molecule has 0 aliphatic heterocycles. The highest BCUT2D eigenvalue weighted by Crippen LogP contribution is 2.38. The van der Waals surface area contributed by atoms with Gasteiger partial charge in [0.2, 0.25) is 0 Å². The molecule has 1 fully saturated rings. The Kier molecular flexibility index (Phi) is 4.20. The van der Waals surface area contributed by atoms with E-state index in [4.69, 9.17) is 6.42 Å². The molecule has 1 heterocycles. The average Bonchev–Trinajstić information content (AvgIpc) is 2.61. The van der Waals surface area contributed by atoms with Gasteiger partial charge in [0.25, 0.3) is 0 Å². The number of nitrogens with zero attached hydrogens (tertiary/aromatic N) is 2. The highest BCUT2D eigenvalue weighted by molar-refractivity contribution is 5.71. The molecule has 0 bridgehead atoms. The highest BCUT2D eigenvalue weighted by atomic mass is 16.3. The van der Waals surface area contributed by atoms with Crippen LogP contribution in [0.5, 0.6) is 0 Å². The summed E-state index contributed by atoms with van der Waals surface area (Å²) in [5, 5.41) is 22.6. The normalized spacial score (nSPS) is 24.3. The summed E-state index contributed by atoms with van der Waals surface area (Å²) in [6.07, 6.45) is 11.5. The quantitative estimate of drug-likeness (QED) is 0.833. The molecule has 1 aromatic heterocycles. The lowest BCUT2D eigenvalue weighted by molar-refractivity contribution is -0.0235. The zero-order valence-electron chi connectivity index (χ0n) is 15.5. The van der Waals surface area contributed by atoms with E-state index in [1.165, 1.54) is 24.0 Å². The zero-order valence-corrected chi connectivity index (χ0v) is 15.5. The average molecular weight is 347 g/mol. The van der Waals surface area contributed by atoms with E-state index in [0.717, 1.165) is 53.9 Å². The number of nitrogens with one attached hydrogen (secondary N) is 1. The molecule has 0 radical (unpaired) electrons. The number of hydrogen-bond donors (Lipinski definition) is 2. The molecule has 0 atom stereocenters. The van der Waals surface area contributed by atoms with Crippen LogP contribution in [0.1, 0.15) is 54.9 Å². The van der Waals surface area contributed by atoms with E-state index < -0.39 is 5.60 Å². The molecule has 0 amide bonds. The summed E-state index contributed by atoms with van der Waals surface area (Å²) < 4.78 is 0. The van der Waals surface area contributed by atoms with Crippen molar-refractivity contribution in [1.82, 2.24) is 10.2 Å². The first-order valence-corrected chi connectivity index (χ1v) is 9.42. The smallest absolute Gasteiger partial charge is 0.152 e. The van der Waals surface area contributed by atoms with Crippen LogP contribution >= 0.6 is 0 Å². The number of aliphatic hydroxyl groups is 1. The number of aromatic nitrogens is 2. The summed E-state index contributed by atoms with van der Waals surface area (Å²) in [6, 6.07) is 6.36. The number of anilines is 1. The van der Waals surface area contributed by atoms with Gasteiger partial charge in [0.15, 0.2) is 5.82 Å². The van der Waals surface area contributed by atoms with Crippen LogP contribution in [0.15, 0.2) is 18.2 Å². The number of terminal acetylenes is 1. The van der Waals surface area contributed by atoms with Gasteiger partial charge in [0, 0.05) is 22.7 Å². The van der Waals surface area contributed by atoms with E-state index in [1.54, 1.807) is 0 Å². The number of aryl methyl sites for hydroxylation is 1. The number of benzene rings is 1. The largest absolute Gasteiger partial charge is 0.390 e. The number of rotatable bonds is 3. The minimum absolute atomic E-state index is 0.285. The van der Waals surface area contributed by atoms with Crippen LogP contribution in [-0.4, -0.2) is 26.9 Å². The van der Waals surface area contributed by atoms with Gasteiger partial charge in [-0.05, 0) is 75.6 Å². The summed E-state index contributed by atoms with van der Waals surface area (Å²) in [5.74, 6) is 3.60. The molecular formula is C22H25N3O. The summed E-state index contributed by atoms with van der Waals surface area (Å²) in [5.41, 5.74) is 6.21. The third-order valence-corrected chi connectivity index (χ3v) is 5.65. The van der Waals surface area contributed by atoms with Crippen molar-refractivity contribution in [3.05, 3.63) is 40.5 Å². The molecule has 134 valence electrons. The topological polar surface area (TPSA) is 58.0 Å². The monoisotopic (exact) mass is 347 g/mol. The van der Waals surface area contributed by atoms with Crippen LogP contribution in [0.25, 0.3) is 11.3 Å². The maximum Gasteiger partial charge on any atom is 0.152 e. The van der Waals surface area contributed by atoms with Crippen molar-refractivity contribution in [3.63, 3.8) is 0 Å². The van der Waals surface area contributed by atoms with Gasteiger partial charge in [-0.1, -0.05) is 12.0 Å². The molecule has 4 rings (SSSR count). The molecule has 1 saturated carbocycles. The minimum atomic E-state index is -0.541. The third-order valence-electron chi connectivity index (χ3n) is 5.65. The fraction of sp³-hybridized carbons (Fsp3) is 0.455. The Morgan fingerprint density at radius 2 is 1.92 bits per heavy atom. The van der Waals surface area contributed by atoms with Gasteiger partial charge in [-0.2, -0.15) is 0 Å². The molecule has 26 heavy (non-hydrogen) atoms. The van der Waals surface area contributed by atoms with Crippen LogP contribution in [0, 0.1) is 19.3 Å². The number of hydrogen-bond acceptors (Lipinski definition) is 4.